The molecular weight excluding hydrogens is 307 g/mol. The zero-order valence-electron chi connectivity index (χ0n) is 11.1. The summed E-state index contributed by atoms with van der Waals surface area (Å²) in [4.78, 5) is 12.2. The Morgan fingerprint density at radius 1 is 1.26 bits per heavy atom. The molecule has 0 saturated heterocycles. The highest BCUT2D eigenvalue weighted by atomic mass is 35.6. The van der Waals surface area contributed by atoms with E-state index in [0.29, 0.717) is 5.56 Å². The van der Waals surface area contributed by atoms with Gasteiger partial charge in [0, 0.05) is 5.56 Å². The van der Waals surface area contributed by atoms with E-state index in [9.17, 15) is 4.79 Å². The van der Waals surface area contributed by atoms with Gasteiger partial charge in [-0.25, -0.2) is 0 Å². The molecule has 0 radical (unpaired) electrons. The monoisotopic (exact) mass is 323 g/mol. The Hall–Kier alpha value is -0.480. The number of benzene rings is 1. The number of nitrogens with one attached hydrogen (secondary N) is 1. The molecule has 0 fully saturated rings. The van der Waals surface area contributed by atoms with E-state index in [2.05, 4.69) is 5.32 Å². The van der Waals surface area contributed by atoms with E-state index in [0.717, 1.165) is 5.56 Å². The van der Waals surface area contributed by atoms with Crippen molar-refractivity contribution in [1.82, 2.24) is 5.32 Å². The molecule has 19 heavy (non-hydrogen) atoms. The third-order valence-corrected chi connectivity index (χ3v) is 3.31. The zero-order chi connectivity index (χ0) is 14.6. The minimum absolute atomic E-state index is 0.192. The molecule has 3 N–H and O–H groups in total. The van der Waals surface area contributed by atoms with Crippen LogP contribution < -0.4 is 10.6 Å². The van der Waals surface area contributed by atoms with Crippen LogP contribution in [0.1, 0.15) is 29.8 Å². The summed E-state index contributed by atoms with van der Waals surface area (Å²) in [7, 11) is 0. The number of hydrogen-bond donors (Lipinski definition) is 2. The van der Waals surface area contributed by atoms with E-state index in [4.69, 9.17) is 34.8 Å². The molecule has 3 nitrogen and oxygen atoms in total. The molecule has 0 unspecified atom stereocenters. The third-order valence-electron chi connectivity index (χ3n) is 2.61. The van der Waals surface area contributed by atoms with Crippen LogP contribution in [0, 0.1) is 6.92 Å². The molecule has 0 aliphatic rings. The summed E-state index contributed by atoms with van der Waals surface area (Å²) in [5.41, 5.74) is 1.46. The van der Waals surface area contributed by atoms with Gasteiger partial charge in [-0.2, -0.15) is 0 Å². The summed E-state index contributed by atoms with van der Waals surface area (Å²) in [5.74, 6) is -0.244. The summed E-state index contributed by atoms with van der Waals surface area (Å²) >= 11 is 17.7. The van der Waals surface area contributed by atoms with E-state index in [1.807, 2.05) is 38.2 Å². The van der Waals surface area contributed by atoms with Gasteiger partial charge in [-0.1, -0.05) is 53.0 Å². The van der Waals surface area contributed by atoms with Crippen LogP contribution in [0.15, 0.2) is 24.3 Å². The maximum atomic E-state index is 12.2. The van der Waals surface area contributed by atoms with Gasteiger partial charge < -0.3 is 5.32 Å². The molecule has 0 spiro atoms. The van der Waals surface area contributed by atoms with Crippen molar-refractivity contribution in [3.63, 3.8) is 0 Å². The zero-order valence-corrected chi connectivity index (χ0v) is 13.4. The number of alkyl halides is 3. The van der Waals surface area contributed by atoms with Gasteiger partial charge in [-0.3, -0.25) is 10.1 Å². The molecule has 0 aromatic heterocycles. The fourth-order valence-corrected chi connectivity index (χ4v) is 2.05. The molecule has 1 rings (SSSR count). The molecule has 106 valence electrons. The second-order valence-electron chi connectivity index (χ2n) is 4.74. The summed E-state index contributed by atoms with van der Waals surface area (Å²) in [6.07, 6.45) is -0.635. The first-order chi connectivity index (χ1) is 8.71. The number of halogens is 3. The molecule has 6 heteroatoms. The summed E-state index contributed by atoms with van der Waals surface area (Å²) < 4.78 is -1.57. The van der Waals surface area contributed by atoms with Crippen LogP contribution in [-0.4, -0.2) is 21.9 Å². The van der Waals surface area contributed by atoms with Gasteiger partial charge >= 0.3 is 0 Å². The number of carbonyl (C=O) groups is 1. The Morgan fingerprint density at radius 3 is 2.32 bits per heavy atom. The number of aryl methyl sites for hydroxylation is 1. The Balaban J connectivity index is 2.86. The number of rotatable bonds is 4. The van der Waals surface area contributed by atoms with E-state index in [-0.39, 0.29) is 11.9 Å². The van der Waals surface area contributed by atoms with Crippen LogP contribution in [-0.2, 0) is 0 Å². The lowest BCUT2D eigenvalue weighted by Gasteiger charge is -2.25. The quantitative estimate of drug-likeness (QED) is 0.648. The molecule has 1 atom stereocenters. The summed E-state index contributed by atoms with van der Waals surface area (Å²) in [5, 5.41) is 4.56. The van der Waals surface area contributed by atoms with Crippen molar-refractivity contribution in [3.05, 3.63) is 35.4 Å². The highest BCUT2D eigenvalue weighted by Crippen LogP contribution is 2.27. The van der Waals surface area contributed by atoms with Crippen LogP contribution in [0.25, 0.3) is 0 Å². The molecule has 0 aliphatic heterocycles. The van der Waals surface area contributed by atoms with Crippen molar-refractivity contribution in [2.45, 2.75) is 36.8 Å². The van der Waals surface area contributed by atoms with Crippen LogP contribution >= 0.6 is 34.8 Å². The van der Waals surface area contributed by atoms with Gasteiger partial charge in [0.25, 0.3) is 9.70 Å². The van der Waals surface area contributed by atoms with Crippen molar-refractivity contribution in [1.29, 1.82) is 0 Å². The van der Waals surface area contributed by atoms with Gasteiger partial charge in [0.1, 0.15) is 0 Å². The van der Waals surface area contributed by atoms with Crippen molar-refractivity contribution >= 4 is 40.7 Å². The van der Waals surface area contributed by atoms with Gasteiger partial charge in [0.2, 0.25) is 6.17 Å². The molecular formula is C13H18Cl3N2O+. The molecule has 1 aromatic rings. The maximum Gasteiger partial charge on any atom is 0.262 e. The lowest BCUT2D eigenvalue weighted by atomic mass is 10.1. The Bertz CT molecular complexity index is 444. The Labute approximate surface area is 128 Å². The standard InChI is InChI=1S/C13H17Cl3N2O/c1-8(2)17-12(13(14,15)16)18-11(19)10-7-5-4-6-9(10)3/h4-8,12,17H,1-3H3,(H,18,19)/p+1/t12-/m0/s1. The number of quaternary nitrogens is 1. The van der Waals surface area contributed by atoms with Crippen LogP contribution in [0.4, 0.5) is 0 Å². The number of carbonyl (C=O) groups excluding carboxylic acids is 1. The molecule has 0 bridgehead atoms. The number of hydrogen-bond acceptors (Lipinski definition) is 1. The molecule has 1 aromatic carbocycles. The molecule has 0 saturated carbocycles. The van der Waals surface area contributed by atoms with Crippen LogP contribution in [0.3, 0.4) is 0 Å². The first-order valence-electron chi connectivity index (χ1n) is 6.00. The average molecular weight is 325 g/mol. The second-order valence-corrected chi connectivity index (χ2v) is 7.11. The van der Waals surface area contributed by atoms with Crippen molar-refractivity contribution < 1.29 is 10.1 Å². The van der Waals surface area contributed by atoms with Crippen LogP contribution in [0.5, 0.6) is 0 Å². The molecule has 0 heterocycles. The largest absolute Gasteiger partial charge is 0.321 e. The highest BCUT2D eigenvalue weighted by Gasteiger charge is 2.38. The van der Waals surface area contributed by atoms with Gasteiger partial charge in [0.15, 0.2) is 0 Å². The third kappa shape index (κ3) is 5.19. The number of amides is 1. The van der Waals surface area contributed by atoms with E-state index >= 15 is 0 Å². The fourth-order valence-electron chi connectivity index (χ4n) is 1.67. The maximum absolute atomic E-state index is 12.2. The summed E-state index contributed by atoms with van der Waals surface area (Å²) in [6, 6.07) is 7.48. The predicted molar refractivity (Wildman–Crippen MR) is 79.8 cm³/mol. The molecule has 0 aliphatic carbocycles. The highest BCUT2D eigenvalue weighted by molar-refractivity contribution is 6.68. The van der Waals surface area contributed by atoms with E-state index in [1.165, 1.54) is 0 Å². The normalized spacial score (nSPS) is 13.4. The Morgan fingerprint density at radius 2 is 1.84 bits per heavy atom. The lowest BCUT2D eigenvalue weighted by Crippen LogP contribution is -2.99. The summed E-state index contributed by atoms with van der Waals surface area (Å²) in [6.45, 7) is 5.79. The number of nitrogens with two attached hydrogens (primary N) is 1. The van der Waals surface area contributed by atoms with E-state index in [1.54, 1.807) is 12.1 Å². The first-order valence-corrected chi connectivity index (χ1v) is 7.13. The average Bonchev–Trinajstić information content (AvgIpc) is 2.26. The van der Waals surface area contributed by atoms with Crippen LogP contribution in [0.2, 0.25) is 0 Å². The SMILES string of the molecule is Cc1ccccc1C(=O)N[C@H]([NH2+]C(C)C)C(Cl)(Cl)Cl. The van der Waals surface area contributed by atoms with E-state index < -0.39 is 9.96 Å². The smallest absolute Gasteiger partial charge is 0.262 e. The fraction of sp³-hybridized carbons (Fsp3) is 0.462. The van der Waals surface area contributed by atoms with Gasteiger partial charge in [-0.05, 0) is 32.4 Å². The second kappa shape index (κ2) is 6.80. The van der Waals surface area contributed by atoms with Gasteiger partial charge in [-0.15, -0.1) is 0 Å². The molecule has 1 amide bonds. The van der Waals surface area contributed by atoms with Crippen molar-refractivity contribution in [2.75, 3.05) is 0 Å². The van der Waals surface area contributed by atoms with Crippen molar-refractivity contribution in [3.8, 4) is 0 Å². The first kappa shape index (κ1) is 16.6. The topological polar surface area (TPSA) is 45.7 Å². The Kier molecular flexibility index (Phi) is 5.93. The predicted octanol–water partition coefficient (Wildman–Crippen LogP) is 2.39. The minimum atomic E-state index is -1.57. The van der Waals surface area contributed by atoms with Crippen molar-refractivity contribution in [2.24, 2.45) is 0 Å². The lowest BCUT2D eigenvalue weighted by molar-refractivity contribution is -0.717. The minimum Gasteiger partial charge on any atom is -0.321 e. The van der Waals surface area contributed by atoms with Gasteiger partial charge in [0.05, 0.1) is 6.04 Å².